The number of hydrogen-bond acceptors (Lipinski definition) is 5. The second-order valence-corrected chi connectivity index (χ2v) is 8.25. The highest BCUT2D eigenvalue weighted by molar-refractivity contribution is 5.93. The van der Waals surface area contributed by atoms with Crippen LogP contribution in [-0.2, 0) is 0 Å². The second kappa shape index (κ2) is 7.98. The summed E-state index contributed by atoms with van der Waals surface area (Å²) in [7, 11) is 0. The maximum absolute atomic E-state index is 11.6. The average Bonchev–Trinajstić information content (AvgIpc) is 3.45. The van der Waals surface area contributed by atoms with Crippen molar-refractivity contribution in [2.24, 2.45) is 5.73 Å². The van der Waals surface area contributed by atoms with Gasteiger partial charge in [0.05, 0.1) is 34.5 Å². The predicted octanol–water partition coefficient (Wildman–Crippen LogP) is 4.20. The number of fused-ring (bicyclic) bond motifs is 1. The first kappa shape index (κ1) is 20.6. The molecule has 8 nitrogen and oxygen atoms in total. The van der Waals surface area contributed by atoms with Crippen LogP contribution in [0.1, 0.15) is 41.4 Å². The molecule has 0 saturated carbocycles. The Hall–Kier alpha value is -4.33. The number of benzene rings is 1. The van der Waals surface area contributed by atoms with Gasteiger partial charge in [0.25, 0.3) is 0 Å². The third-order valence-corrected chi connectivity index (χ3v) is 5.67. The molecule has 0 bridgehead atoms. The monoisotopic (exact) mass is 437 g/mol. The largest absolute Gasteiger partial charge is 0.366 e. The van der Waals surface area contributed by atoms with E-state index in [4.69, 9.17) is 10.8 Å². The molecule has 4 heterocycles. The van der Waals surface area contributed by atoms with Gasteiger partial charge < -0.3 is 10.3 Å². The van der Waals surface area contributed by atoms with Crippen LogP contribution in [0.2, 0.25) is 0 Å². The number of carbonyl (C=O) groups is 1. The standard InChI is InChI=1S/C25H23N7O/c1-15(2)23-22-21(31-13-19(29-14-31)17-6-9-27-10-7-17)8-11-28-25(22)32(30-23)20-5-4-18(24(26)33)12-16(20)3/h4-15H,1-3H3,(H2,26,33). The topological polar surface area (TPSA) is 105 Å². The molecule has 5 aromatic rings. The van der Waals surface area contributed by atoms with Crippen LogP contribution in [0.5, 0.6) is 0 Å². The number of primary amides is 1. The first-order valence-electron chi connectivity index (χ1n) is 10.7. The van der Waals surface area contributed by atoms with E-state index in [9.17, 15) is 4.79 Å². The van der Waals surface area contributed by atoms with Gasteiger partial charge in [-0.15, -0.1) is 0 Å². The van der Waals surface area contributed by atoms with Gasteiger partial charge in [0, 0.05) is 35.9 Å². The summed E-state index contributed by atoms with van der Waals surface area (Å²) in [6, 6.07) is 11.2. The summed E-state index contributed by atoms with van der Waals surface area (Å²) < 4.78 is 3.84. The van der Waals surface area contributed by atoms with E-state index in [-0.39, 0.29) is 5.92 Å². The minimum atomic E-state index is -0.455. The SMILES string of the molecule is Cc1cc(C(N)=O)ccc1-n1nc(C(C)C)c2c(-n3cnc(-c4ccncc4)c3)ccnc21. The summed E-state index contributed by atoms with van der Waals surface area (Å²) in [5, 5.41) is 5.90. The van der Waals surface area contributed by atoms with Gasteiger partial charge in [0.2, 0.25) is 5.91 Å². The van der Waals surface area contributed by atoms with Gasteiger partial charge in [0.1, 0.15) is 0 Å². The predicted molar refractivity (Wildman–Crippen MR) is 127 cm³/mol. The summed E-state index contributed by atoms with van der Waals surface area (Å²) in [5.74, 6) is -0.284. The first-order chi connectivity index (χ1) is 15.9. The minimum absolute atomic E-state index is 0.171. The Balaban J connectivity index is 1.70. The molecular weight excluding hydrogens is 414 g/mol. The molecule has 2 N–H and O–H groups in total. The molecule has 0 unspecified atom stereocenters. The van der Waals surface area contributed by atoms with Crippen LogP contribution >= 0.6 is 0 Å². The molecule has 0 aliphatic heterocycles. The first-order valence-corrected chi connectivity index (χ1v) is 10.7. The van der Waals surface area contributed by atoms with Crippen molar-refractivity contribution < 1.29 is 4.79 Å². The van der Waals surface area contributed by atoms with Crippen LogP contribution in [0.25, 0.3) is 33.7 Å². The molecule has 0 aliphatic rings. The number of aromatic nitrogens is 6. The number of carbonyl (C=O) groups excluding carboxylic acids is 1. The lowest BCUT2D eigenvalue weighted by atomic mass is 10.1. The van der Waals surface area contributed by atoms with E-state index in [1.54, 1.807) is 37.1 Å². The molecular formula is C25H23N7O. The van der Waals surface area contributed by atoms with E-state index in [2.05, 4.69) is 28.8 Å². The van der Waals surface area contributed by atoms with Crippen molar-refractivity contribution in [3.8, 4) is 22.6 Å². The van der Waals surface area contributed by atoms with Crippen molar-refractivity contribution >= 4 is 16.9 Å². The molecule has 8 heteroatoms. The number of aryl methyl sites for hydroxylation is 1. The quantitative estimate of drug-likeness (QED) is 0.444. The van der Waals surface area contributed by atoms with Crippen LogP contribution in [0.15, 0.2) is 67.5 Å². The maximum Gasteiger partial charge on any atom is 0.248 e. The molecule has 0 spiro atoms. The summed E-state index contributed by atoms with van der Waals surface area (Å²) in [6.45, 7) is 6.16. The van der Waals surface area contributed by atoms with Gasteiger partial charge in [0.15, 0.2) is 5.65 Å². The van der Waals surface area contributed by atoms with Crippen molar-refractivity contribution in [3.63, 3.8) is 0 Å². The summed E-state index contributed by atoms with van der Waals surface area (Å²) in [6.07, 6.45) is 9.09. The fraction of sp³-hybridized carbons (Fsp3) is 0.160. The van der Waals surface area contributed by atoms with Gasteiger partial charge in [-0.1, -0.05) is 13.8 Å². The highest BCUT2D eigenvalue weighted by Crippen LogP contribution is 2.32. The minimum Gasteiger partial charge on any atom is -0.366 e. The highest BCUT2D eigenvalue weighted by Gasteiger charge is 2.21. The normalized spacial score (nSPS) is 11.4. The Morgan fingerprint density at radius 2 is 1.79 bits per heavy atom. The van der Waals surface area contributed by atoms with Crippen molar-refractivity contribution in [3.05, 3.63) is 84.3 Å². The third kappa shape index (κ3) is 3.55. The zero-order chi connectivity index (χ0) is 23.1. The summed E-state index contributed by atoms with van der Waals surface area (Å²) in [4.78, 5) is 24.9. The Labute approximate surface area is 190 Å². The Kier molecular flexibility index (Phi) is 4.97. The Morgan fingerprint density at radius 1 is 1.00 bits per heavy atom. The van der Waals surface area contributed by atoms with Crippen LogP contribution in [0.3, 0.4) is 0 Å². The van der Waals surface area contributed by atoms with E-state index < -0.39 is 5.91 Å². The van der Waals surface area contributed by atoms with Crippen molar-refractivity contribution in [2.75, 3.05) is 0 Å². The van der Waals surface area contributed by atoms with Crippen molar-refractivity contribution in [1.29, 1.82) is 0 Å². The molecule has 33 heavy (non-hydrogen) atoms. The number of hydrogen-bond donors (Lipinski definition) is 1. The molecule has 164 valence electrons. The number of pyridine rings is 2. The maximum atomic E-state index is 11.6. The van der Waals surface area contributed by atoms with Gasteiger partial charge >= 0.3 is 0 Å². The molecule has 5 rings (SSSR count). The number of nitrogens with zero attached hydrogens (tertiary/aromatic N) is 6. The van der Waals surface area contributed by atoms with Crippen LogP contribution < -0.4 is 5.73 Å². The van der Waals surface area contributed by atoms with Crippen LogP contribution in [-0.4, -0.2) is 35.2 Å². The van der Waals surface area contributed by atoms with E-state index in [0.29, 0.717) is 5.56 Å². The number of rotatable bonds is 5. The third-order valence-electron chi connectivity index (χ3n) is 5.67. The lowest BCUT2D eigenvalue weighted by molar-refractivity contribution is 0.1000. The molecule has 0 saturated heterocycles. The van der Waals surface area contributed by atoms with Crippen LogP contribution in [0, 0.1) is 6.92 Å². The van der Waals surface area contributed by atoms with Gasteiger partial charge in [-0.25, -0.2) is 14.6 Å². The highest BCUT2D eigenvalue weighted by atomic mass is 16.1. The van der Waals surface area contributed by atoms with Gasteiger partial charge in [-0.3, -0.25) is 9.78 Å². The number of nitrogens with two attached hydrogens (primary N) is 1. The molecule has 0 fully saturated rings. The molecule has 0 atom stereocenters. The fourth-order valence-corrected chi connectivity index (χ4v) is 4.01. The zero-order valence-corrected chi connectivity index (χ0v) is 18.6. The fourth-order valence-electron chi connectivity index (χ4n) is 4.01. The van der Waals surface area contributed by atoms with Gasteiger partial charge in [-0.2, -0.15) is 5.10 Å². The van der Waals surface area contributed by atoms with E-state index in [1.807, 2.05) is 46.6 Å². The Bertz CT molecular complexity index is 1480. The summed E-state index contributed by atoms with van der Waals surface area (Å²) >= 11 is 0. The average molecular weight is 438 g/mol. The van der Waals surface area contributed by atoms with E-state index >= 15 is 0 Å². The lowest BCUT2D eigenvalue weighted by Crippen LogP contribution is -2.12. The van der Waals surface area contributed by atoms with Crippen LogP contribution in [0.4, 0.5) is 0 Å². The molecule has 1 amide bonds. The van der Waals surface area contributed by atoms with E-state index in [1.165, 1.54) is 0 Å². The number of amides is 1. The summed E-state index contributed by atoms with van der Waals surface area (Å²) in [5.41, 5.74) is 12.1. The van der Waals surface area contributed by atoms with E-state index in [0.717, 1.165) is 44.9 Å². The Morgan fingerprint density at radius 3 is 2.48 bits per heavy atom. The molecule has 4 aromatic heterocycles. The number of imidazole rings is 1. The lowest BCUT2D eigenvalue weighted by Gasteiger charge is -2.09. The zero-order valence-electron chi connectivity index (χ0n) is 18.6. The van der Waals surface area contributed by atoms with Gasteiger partial charge in [-0.05, 0) is 54.8 Å². The molecule has 0 radical (unpaired) electrons. The molecule has 0 aliphatic carbocycles. The smallest absolute Gasteiger partial charge is 0.248 e. The molecule has 1 aromatic carbocycles. The van der Waals surface area contributed by atoms with Crippen molar-refractivity contribution in [1.82, 2.24) is 29.3 Å². The van der Waals surface area contributed by atoms with Crippen molar-refractivity contribution in [2.45, 2.75) is 26.7 Å². The second-order valence-electron chi connectivity index (χ2n) is 8.25.